The molecule has 0 amide bonds. The molecule has 0 atom stereocenters. The van der Waals surface area contributed by atoms with Gasteiger partial charge in [-0.05, 0) is 51.6 Å². The van der Waals surface area contributed by atoms with Gasteiger partial charge in [-0.1, -0.05) is 23.7 Å². The third-order valence-corrected chi connectivity index (χ3v) is 4.01. The summed E-state index contributed by atoms with van der Waals surface area (Å²) in [6.45, 7) is 9.84. The minimum atomic E-state index is -4.65. The second-order valence-electron chi connectivity index (χ2n) is 5.67. The van der Waals surface area contributed by atoms with Gasteiger partial charge in [-0.3, -0.25) is 0 Å². The molecule has 1 aromatic carbocycles. The number of halogens is 4. The number of fused-ring (bicyclic) bond motifs is 1. The highest BCUT2D eigenvalue weighted by Crippen LogP contribution is 2.37. The number of hydrogen-bond acceptors (Lipinski definition) is 4. The summed E-state index contributed by atoms with van der Waals surface area (Å²) in [5.41, 5.74) is -1.44. The predicted octanol–water partition coefficient (Wildman–Crippen LogP) is 6.13. The average molecular weight is 419 g/mol. The smallest absolute Gasteiger partial charge is 0.449 e. The van der Waals surface area contributed by atoms with Crippen molar-refractivity contribution in [1.82, 2.24) is 9.88 Å². The third kappa shape index (κ3) is 6.30. The van der Waals surface area contributed by atoms with Crippen molar-refractivity contribution in [3.63, 3.8) is 0 Å². The number of nitrogens with zero attached hydrogens (tertiary/aromatic N) is 2. The van der Waals surface area contributed by atoms with Gasteiger partial charge in [0, 0.05) is 18.5 Å². The normalized spacial score (nSPS) is 11.3. The van der Waals surface area contributed by atoms with Gasteiger partial charge in [0.15, 0.2) is 5.75 Å². The molecular weight excluding hydrogens is 397 g/mol. The first-order valence-corrected chi connectivity index (χ1v) is 8.87. The van der Waals surface area contributed by atoms with Crippen LogP contribution in [-0.4, -0.2) is 34.2 Å². The summed E-state index contributed by atoms with van der Waals surface area (Å²) in [6, 6.07) is 4.01. The van der Waals surface area contributed by atoms with Gasteiger partial charge in [-0.15, -0.1) is 0 Å². The zero-order chi connectivity index (χ0) is 21.5. The molecule has 28 heavy (non-hydrogen) atoms. The zero-order valence-electron chi connectivity index (χ0n) is 16.0. The third-order valence-electron chi connectivity index (χ3n) is 3.71. The largest absolute Gasteiger partial charge is 0.511 e. The van der Waals surface area contributed by atoms with Crippen LogP contribution in [0.3, 0.4) is 0 Å². The number of pyridine rings is 1. The van der Waals surface area contributed by atoms with Gasteiger partial charge >= 0.3 is 12.3 Å². The molecule has 0 fully saturated rings. The van der Waals surface area contributed by atoms with Crippen molar-refractivity contribution in [1.29, 1.82) is 0 Å². The lowest BCUT2D eigenvalue weighted by Crippen LogP contribution is -2.14. The number of alkyl halides is 3. The van der Waals surface area contributed by atoms with Gasteiger partial charge in [0.05, 0.1) is 5.02 Å². The average Bonchev–Trinajstić information content (AvgIpc) is 2.61. The monoisotopic (exact) mass is 418 g/mol. The summed E-state index contributed by atoms with van der Waals surface area (Å²) in [7, 11) is 0. The summed E-state index contributed by atoms with van der Waals surface area (Å²) in [5.74, 6) is -0.415. The van der Waals surface area contributed by atoms with Crippen LogP contribution in [0.4, 0.5) is 18.0 Å². The summed E-state index contributed by atoms with van der Waals surface area (Å²) < 4.78 is 42.9. The molecule has 0 saturated carbocycles. The van der Waals surface area contributed by atoms with Crippen molar-refractivity contribution < 1.29 is 27.8 Å². The Hall–Kier alpha value is -2.48. The molecule has 9 heteroatoms. The van der Waals surface area contributed by atoms with Crippen LogP contribution in [0.1, 0.15) is 32.0 Å². The van der Waals surface area contributed by atoms with Crippen LogP contribution >= 0.6 is 11.6 Å². The molecular formula is C19H22ClF3N2O3. The number of aryl methyl sites for hydroxylation is 1. The number of aromatic nitrogens is 1. The molecule has 0 aliphatic rings. The number of benzene rings is 1. The maximum absolute atomic E-state index is 12.8. The molecule has 0 bridgehead atoms. The van der Waals surface area contributed by atoms with Gasteiger partial charge in [-0.25, -0.2) is 9.78 Å². The van der Waals surface area contributed by atoms with Crippen molar-refractivity contribution >= 4 is 28.7 Å². The van der Waals surface area contributed by atoms with E-state index in [1.807, 2.05) is 6.92 Å². The molecule has 2 aromatic rings. The maximum Gasteiger partial charge on any atom is 0.511 e. The molecule has 1 heterocycles. The Morgan fingerprint density at radius 1 is 1.32 bits per heavy atom. The Morgan fingerprint density at radius 3 is 2.36 bits per heavy atom. The van der Waals surface area contributed by atoms with Crippen LogP contribution in [0, 0.1) is 6.92 Å². The van der Waals surface area contributed by atoms with Crippen molar-refractivity contribution in [2.45, 2.75) is 33.9 Å². The van der Waals surface area contributed by atoms with Crippen molar-refractivity contribution in [2.24, 2.45) is 0 Å². The standard InChI is InChI=1S/C12H7ClF3NO3.C7H15N/c1-5-4-6-2-3-7(13)9(20-11(18)19)8(6)17-10(5)12(14,15)16;1-4-7-8(5-2)6-3/h2-4H,1H3,(H,18,19);4,7H,5-6H2,1-3H3. The van der Waals surface area contributed by atoms with E-state index in [1.54, 1.807) is 0 Å². The molecule has 1 aromatic heterocycles. The molecule has 0 unspecified atom stereocenters. The summed E-state index contributed by atoms with van der Waals surface area (Å²) >= 11 is 5.74. The van der Waals surface area contributed by atoms with Crippen LogP contribution in [-0.2, 0) is 6.18 Å². The number of hydrogen-bond donors (Lipinski definition) is 1. The first kappa shape index (κ1) is 23.6. The molecule has 0 saturated heterocycles. The fourth-order valence-corrected chi connectivity index (χ4v) is 2.60. The SMILES string of the molecule is CC=CN(CC)CC.Cc1cc2ccc(Cl)c(OC(=O)O)c2nc1C(F)(F)F. The van der Waals surface area contributed by atoms with E-state index in [1.165, 1.54) is 25.1 Å². The Morgan fingerprint density at radius 2 is 1.93 bits per heavy atom. The molecule has 154 valence electrons. The summed E-state index contributed by atoms with van der Waals surface area (Å²) in [5, 5.41) is 8.77. The van der Waals surface area contributed by atoms with Gasteiger partial charge in [0.25, 0.3) is 0 Å². The second kappa shape index (κ2) is 10.2. The fraction of sp³-hybridized carbons (Fsp3) is 0.368. The van der Waals surface area contributed by atoms with E-state index in [9.17, 15) is 18.0 Å². The Balaban J connectivity index is 0.000000416. The number of allylic oxidation sites excluding steroid dienone is 1. The minimum absolute atomic E-state index is 0.0754. The van der Waals surface area contributed by atoms with E-state index in [0.29, 0.717) is 5.39 Å². The van der Waals surface area contributed by atoms with E-state index in [4.69, 9.17) is 16.7 Å². The lowest BCUT2D eigenvalue weighted by atomic mass is 10.1. The predicted molar refractivity (Wildman–Crippen MR) is 103 cm³/mol. The molecule has 2 rings (SSSR count). The highest BCUT2D eigenvalue weighted by molar-refractivity contribution is 6.33. The number of carboxylic acid groups (broad SMARTS) is 1. The van der Waals surface area contributed by atoms with Crippen LogP contribution in [0.5, 0.6) is 5.75 Å². The number of carbonyl (C=O) groups is 1. The van der Waals surface area contributed by atoms with E-state index in [-0.39, 0.29) is 16.1 Å². The van der Waals surface area contributed by atoms with Gasteiger partial charge < -0.3 is 14.7 Å². The highest BCUT2D eigenvalue weighted by atomic mass is 35.5. The fourth-order valence-electron chi connectivity index (χ4n) is 2.41. The number of ether oxygens (including phenoxy) is 1. The lowest BCUT2D eigenvalue weighted by Gasteiger charge is -2.13. The van der Waals surface area contributed by atoms with Gasteiger partial charge in [0.1, 0.15) is 11.2 Å². The highest BCUT2D eigenvalue weighted by Gasteiger charge is 2.35. The van der Waals surface area contributed by atoms with E-state index in [0.717, 1.165) is 13.1 Å². The lowest BCUT2D eigenvalue weighted by molar-refractivity contribution is -0.141. The first-order valence-electron chi connectivity index (χ1n) is 8.49. The topological polar surface area (TPSA) is 62.7 Å². The van der Waals surface area contributed by atoms with E-state index < -0.39 is 23.8 Å². The van der Waals surface area contributed by atoms with E-state index >= 15 is 0 Å². The van der Waals surface area contributed by atoms with Gasteiger partial charge in [-0.2, -0.15) is 13.2 Å². The van der Waals surface area contributed by atoms with Gasteiger partial charge in [0.2, 0.25) is 0 Å². The molecule has 5 nitrogen and oxygen atoms in total. The Kier molecular flexibility index (Phi) is 8.56. The molecule has 1 N–H and O–H groups in total. The summed E-state index contributed by atoms with van der Waals surface area (Å²) in [6.07, 6.45) is -2.16. The quantitative estimate of drug-likeness (QED) is 0.477. The molecule has 0 aliphatic heterocycles. The maximum atomic E-state index is 12.8. The molecule has 0 radical (unpaired) electrons. The van der Waals surface area contributed by atoms with E-state index in [2.05, 4.69) is 40.7 Å². The molecule has 0 spiro atoms. The van der Waals surface area contributed by atoms with Crippen molar-refractivity contribution in [2.75, 3.05) is 13.1 Å². The molecule has 0 aliphatic carbocycles. The Bertz CT molecular complexity index is 850. The Labute approximate surface area is 166 Å². The van der Waals surface area contributed by atoms with Crippen LogP contribution < -0.4 is 4.74 Å². The summed E-state index contributed by atoms with van der Waals surface area (Å²) in [4.78, 5) is 16.3. The zero-order valence-corrected chi connectivity index (χ0v) is 16.7. The van der Waals surface area contributed by atoms with Crippen molar-refractivity contribution in [3.05, 3.63) is 46.8 Å². The van der Waals surface area contributed by atoms with Crippen LogP contribution in [0.2, 0.25) is 5.02 Å². The second-order valence-corrected chi connectivity index (χ2v) is 6.08. The van der Waals surface area contributed by atoms with Crippen LogP contribution in [0.15, 0.2) is 30.5 Å². The first-order chi connectivity index (χ1) is 13.0. The van der Waals surface area contributed by atoms with Crippen molar-refractivity contribution in [3.8, 4) is 5.75 Å². The van der Waals surface area contributed by atoms with Crippen LogP contribution in [0.25, 0.3) is 10.9 Å². The minimum Gasteiger partial charge on any atom is -0.449 e. The number of rotatable bonds is 4.